The largest absolute Gasteiger partial charge is 0.472 e. The maximum Gasteiger partial charge on any atom is 0.472 e. The van der Waals surface area contributed by atoms with E-state index in [4.69, 9.17) is 18.5 Å². The summed E-state index contributed by atoms with van der Waals surface area (Å²) >= 11 is 0. The topological polar surface area (TPSA) is 108 Å². The SMILES string of the molecule is CCCCC/C=C\C/C=C\CCCCCCCC(=O)OC(COC(=O)CCCCCCCCCCCCCCCCCCCCCCCCCCCC)COP(=O)(O)OCC[N+](C)(C)C. The fourth-order valence-electron chi connectivity index (χ4n) is 7.93. The number of nitrogens with zero attached hydrogens (tertiary/aromatic N) is 1. The van der Waals surface area contributed by atoms with Gasteiger partial charge in [-0.3, -0.25) is 18.6 Å². The van der Waals surface area contributed by atoms with Gasteiger partial charge < -0.3 is 18.9 Å². The molecule has 0 aliphatic carbocycles. The highest BCUT2D eigenvalue weighted by atomic mass is 31.2. The number of hydrogen-bond donors (Lipinski definition) is 1. The number of phosphoric ester groups is 1. The van der Waals surface area contributed by atoms with Crippen LogP contribution in [-0.2, 0) is 32.7 Å². The molecular formula is C55H107NO8P+. The van der Waals surface area contributed by atoms with Crippen molar-refractivity contribution in [1.29, 1.82) is 0 Å². The van der Waals surface area contributed by atoms with Gasteiger partial charge >= 0.3 is 19.8 Å². The fraction of sp³-hybridized carbons (Fsp3) is 0.891. The second-order valence-electron chi connectivity index (χ2n) is 20.0. The Bertz CT molecular complexity index is 1150. The summed E-state index contributed by atoms with van der Waals surface area (Å²) < 4.78 is 34.5. The van der Waals surface area contributed by atoms with Crippen LogP contribution in [0.5, 0.6) is 0 Å². The van der Waals surface area contributed by atoms with Gasteiger partial charge in [-0.2, -0.15) is 0 Å². The van der Waals surface area contributed by atoms with Crippen molar-refractivity contribution in [3.05, 3.63) is 24.3 Å². The minimum absolute atomic E-state index is 0.0309. The Balaban J connectivity index is 4.10. The molecule has 0 spiro atoms. The zero-order valence-corrected chi connectivity index (χ0v) is 44.4. The quantitative estimate of drug-likeness (QED) is 0.0211. The molecule has 65 heavy (non-hydrogen) atoms. The van der Waals surface area contributed by atoms with Gasteiger partial charge in [-0.15, -0.1) is 0 Å². The molecule has 0 aromatic rings. The van der Waals surface area contributed by atoms with E-state index in [9.17, 15) is 19.0 Å². The molecule has 0 saturated heterocycles. The fourth-order valence-corrected chi connectivity index (χ4v) is 8.67. The number of rotatable bonds is 51. The minimum atomic E-state index is -4.38. The Morgan fingerprint density at radius 1 is 0.477 bits per heavy atom. The number of esters is 2. The number of phosphoric acid groups is 1. The van der Waals surface area contributed by atoms with Gasteiger partial charge in [-0.05, 0) is 44.9 Å². The van der Waals surface area contributed by atoms with Gasteiger partial charge in [-0.25, -0.2) is 4.57 Å². The van der Waals surface area contributed by atoms with E-state index in [0.717, 1.165) is 57.8 Å². The summed E-state index contributed by atoms with van der Waals surface area (Å²) in [6.45, 7) is 4.43. The molecule has 0 rings (SSSR count). The molecule has 2 unspecified atom stereocenters. The number of ether oxygens (including phenoxy) is 2. The summed E-state index contributed by atoms with van der Waals surface area (Å²) in [4.78, 5) is 35.6. The molecule has 0 radical (unpaired) electrons. The standard InChI is InChI=1S/C55H106NO8P/c1-6-8-10-12-14-16-18-20-22-23-24-25-26-27-28-29-30-31-32-34-35-37-39-41-43-45-47-54(57)61-51-53(52-63-65(59,60)62-50-49-56(3,4)5)64-55(58)48-46-44-42-40-38-36-33-21-19-17-15-13-11-9-7-2/h15,17,21,33,53H,6-14,16,18-20,22-32,34-52H2,1-5H3/p+1/b17-15-,33-21-. The molecule has 0 aromatic heterocycles. The monoisotopic (exact) mass is 941 g/mol. The third kappa shape index (κ3) is 51.7. The molecule has 0 aliphatic rings. The van der Waals surface area contributed by atoms with Crippen LogP contribution in [0, 0.1) is 0 Å². The number of unbranched alkanes of at least 4 members (excludes halogenated alkanes) is 33. The molecular weight excluding hydrogens is 834 g/mol. The molecule has 2 atom stereocenters. The van der Waals surface area contributed by atoms with Crippen LogP contribution in [0.3, 0.4) is 0 Å². The van der Waals surface area contributed by atoms with Crippen molar-refractivity contribution in [2.45, 2.75) is 270 Å². The van der Waals surface area contributed by atoms with E-state index < -0.39 is 26.5 Å². The van der Waals surface area contributed by atoms with E-state index in [-0.39, 0.29) is 25.6 Å². The summed E-state index contributed by atoms with van der Waals surface area (Å²) in [5, 5.41) is 0. The second kappa shape index (κ2) is 47.6. The van der Waals surface area contributed by atoms with Crippen LogP contribution in [0.1, 0.15) is 264 Å². The molecule has 10 heteroatoms. The highest BCUT2D eigenvalue weighted by Crippen LogP contribution is 2.43. The number of hydrogen-bond acceptors (Lipinski definition) is 7. The first-order valence-corrected chi connectivity index (χ1v) is 29.1. The molecule has 0 saturated carbocycles. The zero-order valence-electron chi connectivity index (χ0n) is 43.5. The van der Waals surface area contributed by atoms with Gasteiger partial charge in [0.25, 0.3) is 0 Å². The van der Waals surface area contributed by atoms with E-state index in [1.54, 1.807) is 0 Å². The van der Waals surface area contributed by atoms with Crippen LogP contribution < -0.4 is 0 Å². The van der Waals surface area contributed by atoms with Crippen molar-refractivity contribution in [3.8, 4) is 0 Å². The van der Waals surface area contributed by atoms with Crippen molar-refractivity contribution in [2.75, 3.05) is 47.5 Å². The molecule has 0 fully saturated rings. The zero-order chi connectivity index (χ0) is 47.8. The lowest BCUT2D eigenvalue weighted by molar-refractivity contribution is -0.870. The molecule has 9 nitrogen and oxygen atoms in total. The number of likely N-dealkylation sites (N-methyl/N-ethyl adjacent to an activating group) is 1. The second-order valence-corrected chi connectivity index (χ2v) is 21.4. The predicted octanol–water partition coefficient (Wildman–Crippen LogP) is 16.6. The van der Waals surface area contributed by atoms with Crippen LogP contribution in [0.25, 0.3) is 0 Å². The van der Waals surface area contributed by atoms with Crippen molar-refractivity contribution in [1.82, 2.24) is 0 Å². The lowest BCUT2D eigenvalue weighted by atomic mass is 10.0. The van der Waals surface area contributed by atoms with Gasteiger partial charge in [0.1, 0.15) is 19.8 Å². The van der Waals surface area contributed by atoms with E-state index in [1.807, 2.05) is 21.1 Å². The Hall–Kier alpha value is -1.51. The Morgan fingerprint density at radius 3 is 1.25 bits per heavy atom. The molecule has 0 heterocycles. The maximum absolute atomic E-state index is 12.7. The van der Waals surface area contributed by atoms with Crippen molar-refractivity contribution >= 4 is 19.8 Å². The Morgan fingerprint density at radius 2 is 0.831 bits per heavy atom. The van der Waals surface area contributed by atoms with E-state index in [1.165, 1.54) is 173 Å². The van der Waals surface area contributed by atoms with E-state index >= 15 is 0 Å². The summed E-state index contributed by atoms with van der Waals surface area (Å²) in [6.07, 6.45) is 55.3. The number of allylic oxidation sites excluding steroid dienone is 4. The van der Waals surface area contributed by atoms with Gasteiger partial charge in [0.05, 0.1) is 27.7 Å². The van der Waals surface area contributed by atoms with E-state index in [2.05, 4.69) is 38.2 Å². The minimum Gasteiger partial charge on any atom is -0.462 e. The molecule has 0 bridgehead atoms. The first kappa shape index (κ1) is 63.5. The van der Waals surface area contributed by atoms with Crippen molar-refractivity contribution < 1.29 is 42.1 Å². The van der Waals surface area contributed by atoms with Crippen LogP contribution in [-0.4, -0.2) is 74.9 Å². The maximum atomic E-state index is 12.7. The molecule has 0 amide bonds. The van der Waals surface area contributed by atoms with Gasteiger partial charge in [0, 0.05) is 12.8 Å². The molecule has 1 N–H and O–H groups in total. The number of carbonyl (C=O) groups excluding carboxylic acids is 2. The van der Waals surface area contributed by atoms with Gasteiger partial charge in [0.15, 0.2) is 6.10 Å². The average Bonchev–Trinajstić information content (AvgIpc) is 3.26. The van der Waals surface area contributed by atoms with Crippen molar-refractivity contribution in [2.24, 2.45) is 0 Å². The molecule has 384 valence electrons. The smallest absolute Gasteiger partial charge is 0.462 e. The van der Waals surface area contributed by atoms with Gasteiger partial charge in [-0.1, -0.05) is 231 Å². The lowest BCUT2D eigenvalue weighted by Gasteiger charge is -2.24. The highest BCUT2D eigenvalue weighted by molar-refractivity contribution is 7.47. The predicted molar refractivity (Wildman–Crippen MR) is 275 cm³/mol. The van der Waals surface area contributed by atoms with Crippen LogP contribution in [0.15, 0.2) is 24.3 Å². The van der Waals surface area contributed by atoms with Crippen LogP contribution >= 0.6 is 7.82 Å². The highest BCUT2D eigenvalue weighted by Gasteiger charge is 2.27. The van der Waals surface area contributed by atoms with E-state index in [0.29, 0.717) is 23.9 Å². The molecule has 0 aromatic carbocycles. The summed E-state index contributed by atoms with van der Waals surface area (Å²) in [5.74, 6) is -0.801. The first-order chi connectivity index (χ1) is 31.5. The molecule has 0 aliphatic heterocycles. The van der Waals surface area contributed by atoms with Crippen LogP contribution in [0.4, 0.5) is 0 Å². The van der Waals surface area contributed by atoms with Crippen LogP contribution in [0.2, 0.25) is 0 Å². The Kier molecular flexibility index (Phi) is 46.4. The summed E-state index contributed by atoms with van der Waals surface area (Å²) in [7, 11) is 1.48. The lowest BCUT2D eigenvalue weighted by Crippen LogP contribution is -2.37. The summed E-state index contributed by atoms with van der Waals surface area (Å²) in [6, 6.07) is 0. The average molecular weight is 941 g/mol. The normalized spacial score (nSPS) is 13.5. The number of carbonyl (C=O) groups is 2. The summed E-state index contributed by atoms with van der Waals surface area (Å²) in [5.41, 5.74) is 0. The number of quaternary nitrogens is 1. The van der Waals surface area contributed by atoms with Gasteiger partial charge in [0.2, 0.25) is 0 Å². The Labute approximate surface area is 402 Å². The van der Waals surface area contributed by atoms with Crippen molar-refractivity contribution in [3.63, 3.8) is 0 Å². The third-order valence-electron chi connectivity index (χ3n) is 12.2. The first-order valence-electron chi connectivity index (χ1n) is 27.6. The third-order valence-corrected chi connectivity index (χ3v) is 13.2.